The van der Waals surface area contributed by atoms with Crippen LogP contribution in [0.2, 0.25) is 0 Å². The molecule has 2 nitrogen and oxygen atoms in total. The molecule has 0 saturated heterocycles. The third-order valence-electron chi connectivity index (χ3n) is 3.29. The maximum absolute atomic E-state index is 4.54. The quantitative estimate of drug-likeness (QED) is 0.699. The predicted molar refractivity (Wildman–Crippen MR) is 55.9 cm³/mol. The number of nitrogens with zero attached hydrogens (tertiary/aromatic N) is 2. The second-order valence-corrected chi connectivity index (χ2v) is 4.06. The molecule has 0 aromatic carbocycles. The van der Waals surface area contributed by atoms with Crippen molar-refractivity contribution in [3.63, 3.8) is 0 Å². The molecule has 0 unspecified atom stereocenters. The molecule has 0 N–H and O–H groups in total. The van der Waals surface area contributed by atoms with Gasteiger partial charge in [-0.2, -0.15) is 5.10 Å². The van der Waals surface area contributed by atoms with Gasteiger partial charge in [0.05, 0.1) is 5.69 Å². The maximum Gasteiger partial charge on any atom is 0.0685 e. The first-order valence-corrected chi connectivity index (χ1v) is 5.04. The Bertz CT molecular complexity index is 263. The molecule has 2 heteroatoms. The Morgan fingerprint density at radius 1 is 1.38 bits per heavy atom. The molecular weight excluding hydrogens is 160 g/mol. The van der Waals surface area contributed by atoms with E-state index in [0.29, 0.717) is 0 Å². The highest BCUT2D eigenvalue weighted by Crippen LogP contribution is 2.29. The number of rotatable bonds is 3. The molecule has 1 aromatic heterocycles. The highest BCUT2D eigenvalue weighted by Gasteiger charge is 2.25. The van der Waals surface area contributed by atoms with E-state index in [1.807, 2.05) is 11.7 Å². The van der Waals surface area contributed by atoms with Gasteiger partial charge >= 0.3 is 0 Å². The SMILES string of the molecule is CCC(C)(CC)c1cc(C)n(C)n1. The van der Waals surface area contributed by atoms with E-state index in [-0.39, 0.29) is 5.41 Å². The van der Waals surface area contributed by atoms with Crippen LogP contribution < -0.4 is 0 Å². The van der Waals surface area contributed by atoms with Crippen molar-refractivity contribution in [3.8, 4) is 0 Å². The Hall–Kier alpha value is -0.790. The van der Waals surface area contributed by atoms with Crippen molar-refractivity contribution in [1.29, 1.82) is 0 Å². The van der Waals surface area contributed by atoms with Gasteiger partial charge in [-0.15, -0.1) is 0 Å². The smallest absolute Gasteiger partial charge is 0.0685 e. The molecule has 0 fully saturated rings. The highest BCUT2D eigenvalue weighted by molar-refractivity contribution is 5.18. The lowest BCUT2D eigenvalue weighted by Gasteiger charge is -2.23. The first-order chi connectivity index (χ1) is 6.03. The molecule has 0 aliphatic heterocycles. The van der Waals surface area contributed by atoms with Crippen LogP contribution in [0.15, 0.2) is 6.07 Å². The van der Waals surface area contributed by atoms with Gasteiger partial charge in [0.1, 0.15) is 0 Å². The molecule has 0 atom stereocenters. The van der Waals surface area contributed by atoms with Crippen LogP contribution in [-0.2, 0) is 12.5 Å². The third kappa shape index (κ3) is 1.77. The summed E-state index contributed by atoms with van der Waals surface area (Å²) >= 11 is 0. The summed E-state index contributed by atoms with van der Waals surface area (Å²) in [5.41, 5.74) is 2.73. The van der Waals surface area contributed by atoms with E-state index in [1.54, 1.807) is 0 Å². The summed E-state index contributed by atoms with van der Waals surface area (Å²) in [5.74, 6) is 0. The van der Waals surface area contributed by atoms with Crippen LogP contribution in [0.3, 0.4) is 0 Å². The molecule has 0 spiro atoms. The first-order valence-electron chi connectivity index (χ1n) is 5.04. The van der Waals surface area contributed by atoms with E-state index in [2.05, 4.69) is 38.9 Å². The van der Waals surface area contributed by atoms with Crippen molar-refractivity contribution in [3.05, 3.63) is 17.5 Å². The van der Waals surface area contributed by atoms with E-state index < -0.39 is 0 Å². The fraction of sp³-hybridized carbons (Fsp3) is 0.727. The molecule has 74 valence electrons. The predicted octanol–water partition coefficient (Wildman–Crippen LogP) is 2.81. The van der Waals surface area contributed by atoms with Gasteiger partial charge in [0.15, 0.2) is 0 Å². The largest absolute Gasteiger partial charge is 0.273 e. The number of hydrogen-bond acceptors (Lipinski definition) is 1. The summed E-state index contributed by atoms with van der Waals surface area (Å²) in [6.07, 6.45) is 2.31. The summed E-state index contributed by atoms with van der Waals surface area (Å²) in [4.78, 5) is 0. The first kappa shape index (κ1) is 10.3. The molecule has 1 aromatic rings. The van der Waals surface area contributed by atoms with Gasteiger partial charge in [0.25, 0.3) is 0 Å². The second-order valence-electron chi connectivity index (χ2n) is 4.06. The van der Waals surface area contributed by atoms with Gasteiger partial charge in [0, 0.05) is 18.2 Å². The average Bonchev–Trinajstić information content (AvgIpc) is 2.46. The van der Waals surface area contributed by atoms with E-state index in [0.717, 1.165) is 12.8 Å². The zero-order valence-electron chi connectivity index (χ0n) is 9.39. The summed E-state index contributed by atoms with van der Waals surface area (Å²) in [5, 5.41) is 4.54. The van der Waals surface area contributed by atoms with E-state index in [1.165, 1.54) is 11.4 Å². The maximum atomic E-state index is 4.54. The van der Waals surface area contributed by atoms with Crippen molar-refractivity contribution in [2.75, 3.05) is 0 Å². The van der Waals surface area contributed by atoms with Crippen LogP contribution in [0.25, 0.3) is 0 Å². The van der Waals surface area contributed by atoms with E-state index in [4.69, 9.17) is 0 Å². The highest BCUT2D eigenvalue weighted by atomic mass is 15.3. The van der Waals surface area contributed by atoms with E-state index >= 15 is 0 Å². The Morgan fingerprint density at radius 3 is 2.23 bits per heavy atom. The van der Waals surface area contributed by atoms with Crippen LogP contribution >= 0.6 is 0 Å². The molecule has 0 saturated carbocycles. The summed E-state index contributed by atoms with van der Waals surface area (Å²) in [7, 11) is 2.00. The number of aryl methyl sites for hydroxylation is 2. The van der Waals surface area contributed by atoms with Crippen LogP contribution in [0.1, 0.15) is 45.0 Å². The van der Waals surface area contributed by atoms with Crippen molar-refractivity contribution in [2.24, 2.45) is 7.05 Å². The molecule has 0 radical (unpaired) electrons. The number of aromatic nitrogens is 2. The lowest BCUT2D eigenvalue weighted by molar-refractivity contribution is 0.421. The molecule has 0 aliphatic rings. The Kier molecular flexibility index (Phi) is 2.79. The van der Waals surface area contributed by atoms with Crippen LogP contribution in [0.5, 0.6) is 0 Å². The molecule has 0 bridgehead atoms. The van der Waals surface area contributed by atoms with Crippen LogP contribution in [0.4, 0.5) is 0 Å². The van der Waals surface area contributed by atoms with Gasteiger partial charge in [-0.25, -0.2) is 0 Å². The average molecular weight is 180 g/mol. The lowest BCUT2D eigenvalue weighted by atomic mass is 9.81. The minimum absolute atomic E-state index is 0.256. The molecule has 1 heterocycles. The number of hydrogen-bond donors (Lipinski definition) is 0. The Labute approximate surface area is 81.0 Å². The molecule has 0 amide bonds. The van der Waals surface area contributed by atoms with Gasteiger partial charge in [-0.1, -0.05) is 20.8 Å². The van der Waals surface area contributed by atoms with Crippen molar-refractivity contribution >= 4 is 0 Å². The van der Waals surface area contributed by atoms with Crippen LogP contribution in [-0.4, -0.2) is 9.78 Å². The minimum Gasteiger partial charge on any atom is -0.273 e. The molecule has 13 heavy (non-hydrogen) atoms. The fourth-order valence-electron chi connectivity index (χ4n) is 1.47. The van der Waals surface area contributed by atoms with Gasteiger partial charge in [-0.3, -0.25) is 4.68 Å². The minimum atomic E-state index is 0.256. The molecule has 0 aliphatic carbocycles. The van der Waals surface area contributed by atoms with Gasteiger partial charge < -0.3 is 0 Å². The van der Waals surface area contributed by atoms with Gasteiger partial charge in [-0.05, 0) is 25.8 Å². The summed E-state index contributed by atoms with van der Waals surface area (Å²) in [6.45, 7) is 8.85. The van der Waals surface area contributed by atoms with Crippen molar-refractivity contribution < 1.29 is 0 Å². The monoisotopic (exact) mass is 180 g/mol. The fourth-order valence-corrected chi connectivity index (χ4v) is 1.47. The van der Waals surface area contributed by atoms with Crippen molar-refractivity contribution in [1.82, 2.24) is 9.78 Å². The Morgan fingerprint density at radius 2 is 1.92 bits per heavy atom. The normalized spacial score (nSPS) is 12.1. The van der Waals surface area contributed by atoms with Crippen molar-refractivity contribution in [2.45, 2.75) is 46.0 Å². The van der Waals surface area contributed by atoms with E-state index in [9.17, 15) is 0 Å². The summed E-state index contributed by atoms with van der Waals surface area (Å²) in [6, 6.07) is 2.20. The Balaban J connectivity index is 3.05. The lowest BCUT2D eigenvalue weighted by Crippen LogP contribution is -2.20. The zero-order chi connectivity index (χ0) is 10.1. The topological polar surface area (TPSA) is 17.8 Å². The third-order valence-corrected chi connectivity index (χ3v) is 3.29. The molecular formula is C11H20N2. The summed E-state index contributed by atoms with van der Waals surface area (Å²) < 4.78 is 1.96. The van der Waals surface area contributed by atoms with Gasteiger partial charge in [0.2, 0.25) is 0 Å². The second kappa shape index (κ2) is 3.52. The zero-order valence-corrected chi connectivity index (χ0v) is 9.39. The standard InChI is InChI=1S/C11H20N2/c1-6-11(4,7-2)10-8-9(3)13(5)12-10/h8H,6-7H2,1-5H3. The molecule has 1 rings (SSSR count). The van der Waals surface area contributed by atoms with Crippen LogP contribution in [0, 0.1) is 6.92 Å².